The van der Waals surface area contributed by atoms with Gasteiger partial charge in [-0.1, -0.05) is 30.7 Å². The molecule has 1 aromatic carbocycles. The Kier molecular flexibility index (Phi) is 6.45. The lowest BCUT2D eigenvalue weighted by atomic mass is 9.94. The number of likely N-dealkylation sites (tertiary alicyclic amines) is 2. The van der Waals surface area contributed by atoms with Crippen molar-refractivity contribution in [2.75, 3.05) is 60.4 Å². The number of rotatable bonds is 5. The molecule has 1 aromatic rings. The summed E-state index contributed by atoms with van der Waals surface area (Å²) < 4.78 is 0. The van der Waals surface area contributed by atoms with Crippen LogP contribution >= 0.6 is 0 Å². The summed E-state index contributed by atoms with van der Waals surface area (Å²) in [5.74, 6) is 1.87. The SMILES string of the molecule is CN=C(NCC1(N(C)C)Cc2ccccc2C1)N1CCC(CN2CCCCC2)C1. The fourth-order valence-corrected chi connectivity index (χ4v) is 5.53. The van der Waals surface area contributed by atoms with Gasteiger partial charge in [0.2, 0.25) is 0 Å². The highest BCUT2D eigenvalue weighted by atomic mass is 15.3. The van der Waals surface area contributed by atoms with Crippen molar-refractivity contribution in [2.45, 2.75) is 44.1 Å². The Morgan fingerprint density at radius 3 is 2.41 bits per heavy atom. The predicted octanol–water partition coefficient (Wildman–Crippen LogP) is 2.47. The van der Waals surface area contributed by atoms with Crippen LogP contribution in [0.2, 0.25) is 0 Å². The number of nitrogens with one attached hydrogen (secondary N) is 1. The van der Waals surface area contributed by atoms with E-state index < -0.39 is 0 Å². The lowest BCUT2D eigenvalue weighted by molar-refractivity contribution is 0.163. The normalized spacial score (nSPS) is 24.9. The van der Waals surface area contributed by atoms with Crippen LogP contribution in [0, 0.1) is 5.92 Å². The van der Waals surface area contributed by atoms with Crippen LogP contribution in [-0.2, 0) is 12.8 Å². The van der Waals surface area contributed by atoms with Crippen LogP contribution in [-0.4, -0.2) is 86.6 Å². The topological polar surface area (TPSA) is 34.1 Å². The molecule has 2 saturated heterocycles. The fourth-order valence-electron chi connectivity index (χ4n) is 5.53. The molecule has 0 bridgehead atoms. The maximum Gasteiger partial charge on any atom is 0.193 e. The Balaban J connectivity index is 1.33. The molecule has 0 saturated carbocycles. The second kappa shape index (κ2) is 9.05. The maximum atomic E-state index is 4.65. The quantitative estimate of drug-likeness (QED) is 0.611. The van der Waals surface area contributed by atoms with Crippen LogP contribution in [0.4, 0.5) is 0 Å². The largest absolute Gasteiger partial charge is 0.354 e. The van der Waals surface area contributed by atoms with E-state index in [1.807, 2.05) is 7.05 Å². The number of fused-ring (bicyclic) bond motifs is 1. The molecule has 0 radical (unpaired) electrons. The molecule has 0 spiro atoms. The van der Waals surface area contributed by atoms with Gasteiger partial charge in [0, 0.05) is 38.8 Å². The summed E-state index contributed by atoms with van der Waals surface area (Å²) in [6.45, 7) is 7.09. The highest BCUT2D eigenvalue weighted by Gasteiger charge is 2.39. The first kappa shape index (κ1) is 20.7. The predicted molar refractivity (Wildman–Crippen MR) is 122 cm³/mol. The molecule has 2 heterocycles. The molecule has 4 rings (SSSR count). The third kappa shape index (κ3) is 4.61. The van der Waals surface area contributed by atoms with E-state index in [-0.39, 0.29) is 5.54 Å². The molecule has 2 fully saturated rings. The summed E-state index contributed by atoms with van der Waals surface area (Å²) in [4.78, 5) is 12.2. The van der Waals surface area contributed by atoms with E-state index in [1.165, 1.54) is 56.4 Å². The maximum absolute atomic E-state index is 4.65. The lowest BCUT2D eigenvalue weighted by Gasteiger charge is -2.38. The summed E-state index contributed by atoms with van der Waals surface area (Å²) in [6, 6.07) is 8.93. The smallest absolute Gasteiger partial charge is 0.193 e. The minimum Gasteiger partial charge on any atom is -0.354 e. The van der Waals surface area contributed by atoms with Crippen molar-refractivity contribution < 1.29 is 0 Å². The second-order valence-corrected chi connectivity index (χ2v) is 9.60. The Hall–Kier alpha value is -1.59. The van der Waals surface area contributed by atoms with Crippen LogP contribution in [0.15, 0.2) is 29.3 Å². The highest BCUT2D eigenvalue weighted by molar-refractivity contribution is 5.80. The summed E-state index contributed by atoms with van der Waals surface area (Å²) in [5.41, 5.74) is 3.13. The highest BCUT2D eigenvalue weighted by Crippen LogP contribution is 2.33. The molecular weight excluding hydrogens is 358 g/mol. The molecule has 1 atom stereocenters. The Bertz CT molecular complexity index is 682. The van der Waals surface area contributed by atoms with E-state index >= 15 is 0 Å². The van der Waals surface area contributed by atoms with Crippen molar-refractivity contribution in [3.8, 4) is 0 Å². The standard InChI is InChI=1S/C24H39N5/c1-25-23(29-14-11-20(18-29)17-28-12-7-4-8-13-28)26-19-24(27(2)3)15-21-9-5-6-10-22(21)16-24/h5-6,9-10,20H,4,7-8,11-19H2,1-3H3,(H,25,26). The number of aliphatic imine (C=N–C) groups is 1. The van der Waals surface area contributed by atoms with E-state index in [4.69, 9.17) is 0 Å². The number of hydrogen-bond donors (Lipinski definition) is 1. The van der Waals surface area contributed by atoms with Crippen molar-refractivity contribution >= 4 is 5.96 Å². The molecule has 2 aliphatic heterocycles. The van der Waals surface area contributed by atoms with Gasteiger partial charge in [-0.05, 0) is 76.3 Å². The summed E-state index contributed by atoms with van der Waals surface area (Å²) >= 11 is 0. The van der Waals surface area contributed by atoms with Crippen LogP contribution in [0.5, 0.6) is 0 Å². The minimum atomic E-state index is 0.132. The number of nitrogens with zero attached hydrogens (tertiary/aromatic N) is 4. The van der Waals surface area contributed by atoms with Gasteiger partial charge in [0.15, 0.2) is 5.96 Å². The van der Waals surface area contributed by atoms with E-state index in [0.717, 1.165) is 44.4 Å². The van der Waals surface area contributed by atoms with Crippen molar-refractivity contribution in [3.05, 3.63) is 35.4 Å². The van der Waals surface area contributed by atoms with E-state index in [0.29, 0.717) is 0 Å². The summed E-state index contributed by atoms with van der Waals surface area (Å²) in [7, 11) is 6.38. The molecule has 0 amide bonds. The van der Waals surface area contributed by atoms with E-state index in [1.54, 1.807) is 0 Å². The van der Waals surface area contributed by atoms with Gasteiger partial charge in [-0.25, -0.2) is 0 Å². The van der Waals surface area contributed by atoms with Gasteiger partial charge in [-0.15, -0.1) is 0 Å². The van der Waals surface area contributed by atoms with Gasteiger partial charge in [0.05, 0.1) is 0 Å². The molecule has 0 aromatic heterocycles. The summed E-state index contributed by atoms with van der Waals surface area (Å²) in [5, 5.41) is 3.76. The first-order valence-corrected chi connectivity index (χ1v) is 11.5. The monoisotopic (exact) mass is 397 g/mol. The Morgan fingerprint density at radius 2 is 1.79 bits per heavy atom. The van der Waals surface area contributed by atoms with Crippen molar-refractivity contribution in [1.29, 1.82) is 0 Å². The molecule has 5 nitrogen and oxygen atoms in total. The van der Waals surface area contributed by atoms with Crippen LogP contribution < -0.4 is 5.32 Å². The van der Waals surface area contributed by atoms with Crippen molar-refractivity contribution in [3.63, 3.8) is 0 Å². The fraction of sp³-hybridized carbons (Fsp3) is 0.708. The van der Waals surface area contributed by atoms with E-state index in [2.05, 4.69) is 63.4 Å². The molecule has 1 aliphatic carbocycles. The summed E-state index contributed by atoms with van der Waals surface area (Å²) in [6.07, 6.45) is 7.70. The lowest BCUT2D eigenvalue weighted by Crippen LogP contribution is -2.55. The molecule has 160 valence electrons. The third-order valence-electron chi connectivity index (χ3n) is 7.44. The molecular formula is C24H39N5. The molecule has 1 N–H and O–H groups in total. The average molecular weight is 398 g/mol. The first-order chi connectivity index (χ1) is 14.1. The number of likely N-dealkylation sites (N-methyl/N-ethyl adjacent to an activating group) is 1. The first-order valence-electron chi connectivity index (χ1n) is 11.5. The van der Waals surface area contributed by atoms with Gasteiger partial charge in [-0.3, -0.25) is 4.99 Å². The zero-order valence-electron chi connectivity index (χ0n) is 18.7. The zero-order valence-corrected chi connectivity index (χ0v) is 18.7. The second-order valence-electron chi connectivity index (χ2n) is 9.60. The molecule has 5 heteroatoms. The zero-order chi connectivity index (χ0) is 20.3. The van der Waals surface area contributed by atoms with Gasteiger partial charge < -0.3 is 20.0 Å². The third-order valence-corrected chi connectivity index (χ3v) is 7.44. The molecule has 29 heavy (non-hydrogen) atoms. The Morgan fingerprint density at radius 1 is 1.10 bits per heavy atom. The number of benzene rings is 1. The molecule has 1 unspecified atom stereocenters. The van der Waals surface area contributed by atoms with Gasteiger partial charge in [0.25, 0.3) is 0 Å². The van der Waals surface area contributed by atoms with Crippen molar-refractivity contribution in [1.82, 2.24) is 20.0 Å². The average Bonchev–Trinajstić information content (AvgIpc) is 3.34. The number of guanidine groups is 1. The number of hydrogen-bond acceptors (Lipinski definition) is 3. The van der Waals surface area contributed by atoms with Gasteiger partial charge >= 0.3 is 0 Å². The molecule has 3 aliphatic rings. The minimum absolute atomic E-state index is 0.132. The van der Waals surface area contributed by atoms with Gasteiger partial charge in [0.1, 0.15) is 0 Å². The Labute approximate surface area is 177 Å². The van der Waals surface area contributed by atoms with Gasteiger partial charge in [-0.2, -0.15) is 0 Å². The van der Waals surface area contributed by atoms with Crippen LogP contribution in [0.3, 0.4) is 0 Å². The van der Waals surface area contributed by atoms with Crippen molar-refractivity contribution in [2.24, 2.45) is 10.9 Å². The van der Waals surface area contributed by atoms with Crippen LogP contribution in [0.1, 0.15) is 36.8 Å². The number of piperidine rings is 1. The van der Waals surface area contributed by atoms with E-state index in [9.17, 15) is 0 Å². The van der Waals surface area contributed by atoms with Crippen LogP contribution in [0.25, 0.3) is 0 Å².